The van der Waals surface area contributed by atoms with Crippen molar-refractivity contribution in [2.75, 3.05) is 31.1 Å². The number of hydrogen-bond acceptors (Lipinski definition) is 5. The molecule has 0 saturated heterocycles. The van der Waals surface area contributed by atoms with Crippen LogP contribution in [-0.4, -0.2) is 69.9 Å². The smallest absolute Gasteiger partial charge is 0.318 e. The molecule has 0 fully saturated rings. The topological polar surface area (TPSA) is 120 Å². The second kappa shape index (κ2) is 11.9. The molecule has 0 aliphatic carbocycles. The van der Waals surface area contributed by atoms with Gasteiger partial charge in [0.1, 0.15) is 0 Å². The summed E-state index contributed by atoms with van der Waals surface area (Å²) in [6, 6.07) is 13.6. The van der Waals surface area contributed by atoms with Crippen molar-refractivity contribution in [3.63, 3.8) is 0 Å². The summed E-state index contributed by atoms with van der Waals surface area (Å²) in [5.41, 5.74) is 2.58. The van der Waals surface area contributed by atoms with E-state index in [1.54, 1.807) is 51.1 Å². The second-order valence-electron chi connectivity index (χ2n) is 8.72. The van der Waals surface area contributed by atoms with Crippen LogP contribution in [0.1, 0.15) is 29.3 Å². The molecule has 2 heterocycles. The fourth-order valence-electron chi connectivity index (χ4n) is 4.19. The number of halogens is 1. The van der Waals surface area contributed by atoms with Crippen molar-refractivity contribution in [3.8, 4) is 5.69 Å². The van der Waals surface area contributed by atoms with Crippen molar-refractivity contribution >= 4 is 35.1 Å². The number of anilines is 1. The maximum atomic E-state index is 13.7. The first-order valence-electron chi connectivity index (χ1n) is 12.0. The quantitative estimate of drug-likeness (QED) is 0.410. The Balaban J connectivity index is 1.53. The van der Waals surface area contributed by atoms with Gasteiger partial charge >= 0.3 is 6.03 Å². The number of aromatic nitrogens is 2. The Morgan fingerprint density at radius 1 is 1.14 bits per heavy atom. The molecule has 0 spiro atoms. The van der Waals surface area contributed by atoms with E-state index in [2.05, 4.69) is 15.7 Å². The Morgan fingerprint density at radius 2 is 1.95 bits per heavy atom. The zero-order valence-corrected chi connectivity index (χ0v) is 21.2. The number of rotatable bonds is 7. The molecule has 3 N–H and O–H groups in total. The van der Waals surface area contributed by atoms with E-state index in [9.17, 15) is 14.4 Å². The molecule has 194 valence electrons. The van der Waals surface area contributed by atoms with Crippen LogP contribution < -0.4 is 15.5 Å². The molecule has 0 saturated carbocycles. The maximum Gasteiger partial charge on any atom is 0.318 e. The van der Waals surface area contributed by atoms with Gasteiger partial charge in [-0.25, -0.2) is 9.48 Å². The Bertz CT molecular complexity index is 1270. The zero-order chi connectivity index (χ0) is 26.4. The van der Waals surface area contributed by atoms with Crippen LogP contribution in [-0.2, 0) is 11.3 Å². The molecule has 10 nitrogen and oxygen atoms in total. The number of benzene rings is 2. The van der Waals surface area contributed by atoms with Gasteiger partial charge in [0.05, 0.1) is 22.8 Å². The number of aliphatic hydroxyl groups excluding tert-OH is 1. The average Bonchev–Trinajstić information content (AvgIpc) is 3.39. The van der Waals surface area contributed by atoms with Gasteiger partial charge in [0.2, 0.25) is 5.91 Å². The van der Waals surface area contributed by atoms with Gasteiger partial charge in [0.25, 0.3) is 5.91 Å². The van der Waals surface area contributed by atoms with Gasteiger partial charge in [0, 0.05) is 50.4 Å². The van der Waals surface area contributed by atoms with Crippen LogP contribution in [0.15, 0.2) is 60.9 Å². The minimum absolute atomic E-state index is 0.0216. The molecule has 11 heteroatoms. The lowest BCUT2D eigenvalue weighted by Crippen LogP contribution is -2.50. The Kier molecular flexibility index (Phi) is 8.42. The van der Waals surface area contributed by atoms with Crippen LogP contribution in [0.25, 0.3) is 5.69 Å². The molecule has 1 aliphatic heterocycles. The standard InChI is InChI=1S/C26H29ClN6O4/c1-18-16-32(25(36)21-9-8-20(14-22(21)27)33-12-4-11-30-33)23-7-3-2-6-19(23)17-31(18)26(37)29-15-24(35)28-10-5-13-34/h2-4,6-9,11-12,14,18,34H,5,10,13,15-17H2,1H3,(H,28,35)(H,29,37)/t18-/m1/s1. The van der Waals surface area contributed by atoms with Crippen LogP contribution in [0.4, 0.5) is 10.5 Å². The number of hydrogen-bond donors (Lipinski definition) is 3. The van der Waals surface area contributed by atoms with Crippen LogP contribution >= 0.6 is 11.6 Å². The number of nitrogens with one attached hydrogen (secondary N) is 2. The second-order valence-corrected chi connectivity index (χ2v) is 9.13. The normalized spacial score (nSPS) is 15.1. The van der Waals surface area contributed by atoms with Gasteiger partial charge in [-0.1, -0.05) is 29.8 Å². The highest BCUT2D eigenvalue weighted by atomic mass is 35.5. The third-order valence-electron chi connectivity index (χ3n) is 6.12. The van der Waals surface area contributed by atoms with E-state index in [1.807, 2.05) is 31.2 Å². The number of para-hydroxylation sites is 1. The number of aliphatic hydroxyl groups is 1. The first-order valence-corrected chi connectivity index (χ1v) is 12.4. The molecular weight excluding hydrogens is 496 g/mol. The van der Waals surface area contributed by atoms with Crippen molar-refractivity contribution < 1.29 is 19.5 Å². The van der Waals surface area contributed by atoms with Crippen molar-refractivity contribution in [2.45, 2.75) is 25.9 Å². The van der Waals surface area contributed by atoms with Crippen molar-refractivity contribution in [1.29, 1.82) is 0 Å². The SMILES string of the molecule is C[C@@H]1CN(C(=O)c2ccc(-n3cccn3)cc2Cl)c2ccccc2CN1C(=O)NCC(=O)NCCCO. The molecule has 2 aromatic carbocycles. The fraction of sp³-hybridized carbons (Fsp3) is 0.308. The molecule has 0 unspecified atom stereocenters. The highest BCUT2D eigenvalue weighted by Crippen LogP contribution is 2.30. The van der Waals surface area contributed by atoms with Gasteiger partial charge in [-0.2, -0.15) is 5.10 Å². The molecular formula is C26H29ClN6O4. The molecule has 1 aromatic heterocycles. The molecule has 4 amide bonds. The van der Waals surface area contributed by atoms with E-state index in [0.717, 1.165) is 11.3 Å². The number of nitrogens with zero attached hydrogens (tertiary/aromatic N) is 4. The Morgan fingerprint density at radius 3 is 2.68 bits per heavy atom. The lowest BCUT2D eigenvalue weighted by Gasteiger charge is -2.29. The van der Waals surface area contributed by atoms with Gasteiger partial charge in [0.15, 0.2) is 0 Å². The third kappa shape index (κ3) is 6.10. The summed E-state index contributed by atoms with van der Waals surface area (Å²) in [6.07, 6.45) is 3.89. The van der Waals surface area contributed by atoms with E-state index in [-0.39, 0.29) is 44.1 Å². The predicted octanol–water partition coefficient (Wildman–Crippen LogP) is 2.58. The zero-order valence-electron chi connectivity index (χ0n) is 20.4. The molecule has 1 atom stereocenters. The highest BCUT2D eigenvalue weighted by molar-refractivity contribution is 6.34. The monoisotopic (exact) mass is 524 g/mol. The Labute approximate surface area is 219 Å². The largest absolute Gasteiger partial charge is 0.396 e. The summed E-state index contributed by atoms with van der Waals surface area (Å²) in [4.78, 5) is 42.0. The number of amides is 4. The van der Waals surface area contributed by atoms with Crippen LogP contribution in [0, 0.1) is 0 Å². The molecule has 0 radical (unpaired) electrons. The summed E-state index contributed by atoms with van der Waals surface area (Å²) in [5, 5.41) is 18.6. The molecule has 37 heavy (non-hydrogen) atoms. The maximum absolute atomic E-state index is 13.7. The van der Waals surface area contributed by atoms with Crippen molar-refractivity contribution in [3.05, 3.63) is 77.1 Å². The third-order valence-corrected chi connectivity index (χ3v) is 6.43. The summed E-state index contributed by atoms with van der Waals surface area (Å²) in [7, 11) is 0. The van der Waals surface area contributed by atoms with E-state index < -0.39 is 6.03 Å². The van der Waals surface area contributed by atoms with Crippen molar-refractivity contribution in [1.82, 2.24) is 25.3 Å². The number of carbonyl (C=O) groups excluding carboxylic acids is 3. The van der Waals surface area contributed by atoms with E-state index in [0.29, 0.717) is 29.2 Å². The van der Waals surface area contributed by atoms with Crippen LogP contribution in [0.3, 0.4) is 0 Å². The minimum atomic E-state index is -0.407. The summed E-state index contributed by atoms with van der Waals surface area (Å²) in [6.45, 7) is 2.49. The lowest BCUT2D eigenvalue weighted by atomic mass is 10.1. The average molecular weight is 525 g/mol. The number of urea groups is 1. The highest BCUT2D eigenvalue weighted by Gasteiger charge is 2.32. The predicted molar refractivity (Wildman–Crippen MR) is 140 cm³/mol. The van der Waals surface area contributed by atoms with E-state index >= 15 is 0 Å². The van der Waals surface area contributed by atoms with Crippen LogP contribution in [0.2, 0.25) is 5.02 Å². The molecule has 1 aliphatic rings. The van der Waals surface area contributed by atoms with E-state index in [4.69, 9.17) is 16.7 Å². The first-order chi connectivity index (χ1) is 17.9. The van der Waals surface area contributed by atoms with Crippen LogP contribution in [0.5, 0.6) is 0 Å². The molecule has 0 bridgehead atoms. The van der Waals surface area contributed by atoms with Gasteiger partial charge < -0.3 is 25.5 Å². The summed E-state index contributed by atoms with van der Waals surface area (Å²) in [5.74, 6) is -0.614. The van der Waals surface area contributed by atoms with E-state index in [1.165, 1.54) is 0 Å². The number of carbonyl (C=O) groups is 3. The van der Waals surface area contributed by atoms with Gasteiger partial charge in [-0.05, 0) is 49.2 Å². The Hall–Kier alpha value is -3.89. The molecule has 4 rings (SSSR count). The first kappa shape index (κ1) is 26.2. The van der Waals surface area contributed by atoms with Gasteiger partial charge in [-0.15, -0.1) is 0 Å². The number of fused-ring (bicyclic) bond motifs is 1. The fourth-order valence-corrected chi connectivity index (χ4v) is 4.44. The molecule has 3 aromatic rings. The summed E-state index contributed by atoms with van der Waals surface area (Å²) >= 11 is 6.55. The summed E-state index contributed by atoms with van der Waals surface area (Å²) < 4.78 is 1.66. The minimum Gasteiger partial charge on any atom is -0.396 e. The lowest BCUT2D eigenvalue weighted by molar-refractivity contribution is -0.120. The van der Waals surface area contributed by atoms with Crippen molar-refractivity contribution in [2.24, 2.45) is 0 Å². The van der Waals surface area contributed by atoms with Gasteiger partial charge in [-0.3, -0.25) is 9.59 Å².